The molecule has 124 valence electrons. The van der Waals surface area contributed by atoms with Crippen molar-refractivity contribution in [3.8, 4) is 0 Å². The van der Waals surface area contributed by atoms with Crippen LogP contribution in [0.2, 0.25) is 0 Å². The first kappa shape index (κ1) is 17.0. The van der Waals surface area contributed by atoms with Crippen LogP contribution in [0.3, 0.4) is 0 Å². The molecular formula is C17H29N3O2. The molecule has 0 aliphatic heterocycles. The Labute approximate surface area is 133 Å². The molecule has 1 saturated carbocycles. The van der Waals surface area contributed by atoms with Crippen LogP contribution in [0.4, 0.5) is 0 Å². The second kappa shape index (κ2) is 8.93. The van der Waals surface area contributed by atoms with E-state index in [4.69, 9.17) is 4.74 Å². The van der Waals surface area contributed by atoms with Crippen LogP contribution >= 0.6 is 0 Å². The second-order valence-electron chi connectivity index (χ2n) is 6.32. The molecule has 1 fully saturated rings. The molecule has 0 radical (unpaired) electrons. The van der Waals surface area contributed by atoms with Gasteiger partial charge in [-0.15, -0.1) is 0 Å². The maximum absolute atomic E-state index is 12.1. The molecule has 1 aromatic heterocycles. The Morgan fingerprint density at radius 2 is 2.14 bits per heavy atom. The highest BCUT2D eigenvalue weighted by Crippen LogP contribution is 2.20. The zero-order valence-corrected chi connectivity index (χ0v) is 13.9. The van der Waals surface area contributed by atoms with Gasteiger partial charge in [-0.1, -0.05) is 25.7 Å². The number of nitrogens with one attached hydrogen (secondary N) is 1. The van der Waals surface area contributed by atoms with Crippen LogP contribution in [0.5, 0.6) is 0 Å². The van der Waals surface area contributed by atoms with E-state index in [0.29, 0.717) is 6.54 Å². The first-order chi connectivity index (χ1) is 10.6. The van der Waals surface area contributed by atoms with Crippen molar-refractivity contribution in [3.05, 3.63) is 18.0 Å². The molecule has 2 rings (SSSR count). The van der Waals surface area contributed by atoms with Gasteiger partial charge in [0.25, 0.3) is 0 Å². The lowest BCUT2D eigenvalue weighted by atomic mass is 10.1. The number of aryl methyl sites for hydroxylation is 2. The summed E-state index contributed by atoms with van der Waals surface area (Å²) in [5.74, 6) is 0.000827. The average Bonchev–Trinajstić information content (AvgIpc) is 2.74. The Kier molecular flexibility index (Phi) is 6.90. The number of aromatic nitrogens is 2. The number of hydrogen-bond acceptors (Lipinski definition) is 3. The molecule has 5 nitrogen and oxygen atoms in total. The van der Waals surface area contributed by atoms with E-state index in [1.54, 1.807) is 0 Å². The van der Waals surface area contributed by atoms with Crippen molar-refractivity contribution in [2.75, 3.05) is 6.54 Å². The van der Waals surface area contributed by atoms with E-state index in [9.17, 15) is 4.79 Å². The summed E-state index contributed by atoms with van der Waals surface area (Å²) in [4.78, 5) is 12.1. The van der Waals surface area contributed by atoms with Crippen LogP contribution in [-0.4, -0.2) is 34.4 Å². The monoisotopic (exact) mass is 307 g/mol. The van der Waals surface area contributed by atoms with Gasteiger partial charge in [-0.2, -0.15) is 5.10 Å². The number of carbonyl (C=O) groups is 1. The van der Waals surface area contributed by atoms with Crippen molar-refractivity contribution in [3.63, 3.8) is 0 Å². The molecule has 1 heterocycles. The lowest BCUT2D eigenvalue weighted by molar-refractivity contribution is -0.135. The Bertz CT molecular complexity index is 451. The van der Waals surface area contributed by atoms with Gasteiger partial charge in [0, 0.05) is 19.3 Å². The maximum atomic E-state index is 12.1. The minimum Gasteiger partial charge on any atom is -0.365 e. The van der Waals surface area contributed by atoms with E-state index in [0.717, 1.165) is 31.4 Å². The molecule has 0 aromatic carbocycles. The van der Waals surface area contributed by atoms with Crippen LogP contribution in [0.1, 0.15) is 57.4 Å². The molecule has 22 heavy (non-hydrogen) atoms. The molecule has 0 spiro atoms. The number of nitrogens with zero attached hydrogens (tertiary/aromatic N) is 2. The third-order valence-corrected chi connectivity index (χ3v) is 4.19. The van der Waals surface area contributed by atoms with Gasteiger partial charge in [-0.3, -0.25) is 9.48 Å². The van der Waals surface area contributed by atoms with Crippen molar-refractivity contribution in [2.24, 2.45) is 0 Å². The second-order valence-corrected chi connectivity index (χ2v) is 6.32. The van der Waals surface area contributed by atoms with Crippen LogP contribution in [0.15, 0.2) is 12.4 Å². The molecule has 1 N–H and O–H groups in total. The minimum atomic E-state index is -0.352. The maximum Gasteiger partial charge on any atom is 0.248 e. The fourth-order valence-electron chi connectivity index (χ4n) is 2.91. The molecule has 1 amide bonds. The number of ether oxygens (including phenoxy) is 1. The third kappa shape index (κ3) is 5.79. The summed E-state index contributed by atoms with van der Waals surface area (Å²) < 4.78 is 7.83. The lowest BCUT2D eigenvalue weighted by Crippen LogP contribution is -2.37. The van der Waals surface area contributed by atoms with Gasteiger partial charge in [0.2, 0.25) is 5.91 Å². The number of rotatable bonds is 7. The molecule has 0 bridgehead atoms. The predicted molar refractivity (Wildman–Crippen MR) is 86.6 cm³/mol. The highest BCUT2D eigenvalue weighted by molar-refractivity contribution is 5.80. The van der Waals surface area contributed by atoms with Crippen molar-refractivity contribution in [2.45, 2.75) is 77.5 Å². The molecule has 0 saturated heterocycles. The summed E-state index contributed by atoms with van der Waals surface area (Å²) in [6, 6.07) is 0. The number of amides is 1. The van der Waals surface area contributed by atoms with Gasteiger partial charge in [-0.05, 0) is 38.7 Å². The molecule has 1 aliphatic carbocycles. The fraction of sp³-hybridized carbons (Fsp3) is 0.765. The lowest BCUT2D eigenvalue weighted by Gasteiger charge is -2.20. The van der Waals surface area contributed by atoms with Gasteiger partial charge < -0.3 is 10.1 Å². The molecule has 1 atom stereocenters. The van der Waals surface area contributed by atoms with Crippen molar-refractivity contribution in [1.82, 2.24) is 15.1 Å². The molecular weight excluding hydrogens is 278 g/mol. The summed E-state index contributed by atoms with van der Waals surface area (Å²) in [5, 5.41) is 7.19. The summed E-state index contributed by atoms with van der Waals surface area (Å²) >= 11 is 0. The third-order valence-electron chi connectivity index (χ3n) is 4.19. The summed E-state index contributed by atoms with van der Waals surface area (Å²) in [7, 11) is 0. The van der Waals surface area contributed by atoms with Crippen LogP contribution in [0.25, 0.3) is 0 Å². The Hall–Kier alpha value is -1.36. The average molecular weight is 307 g/mol. The SMILES string of the molecule is Cc1cnn(CCCNC(=O)[C@H](C)OC2CCCCCC2)c1. The van der Waals surface area contributed by atoms with E-state index in [-0.39, 0.29) is 18.1 Å². The predicted octanol–water partition coefficient (Wildman–Crippen LogP) is 2.83. The normalized spacial score (nSPS) is 17.9. The van der Waals surface area contributed by atoms with Gasteiger partial charge in [0.05, 0.1) is 12.3 Å². The highest BCUT2D eigenvalue weighted by atomic mass is 16.5. The summed E-state index contributed by atoms with van der Waals surface area (Å²) in [6.07, 6.45) is 11.9. The van der Waals surface area contributed by atoms with E-state index in [1.807, 2.05) is 30.9 Å². The first-order valence-corrected chi connectivity index (χ1v) is 8.57. The fourth-order valence-corrected chi connectivity index (χ4v) is 2.91. The van der Waals surface area contributed by atoms with E-state index >= 15 is 0 Å². The quantitative estimate of drug-likeness (QED) is 0.622. The Morgan fingerprint density at radius 3 is 2.77 bits per heavy atom. The largest absolute Gasteiger partial charge is 0.365 e. The van der Waals surface area contributed by atoms with Crippen molar-refractivity contribution < 1.29 is 9.53 Å². The van der Waals surface area contributed by atoms with Crippen molar-refractivity contribution >= 4 is 5.91 Å². The van der Waals surface area contributed by atoms with Crippen LogP contribution in [0, 0.1) is 6.92 Å². The van der Waals surface area contributed by atoms with Gasteiger partial charge in [-0.25, -0.2) is 0 Å². The summed E-state index contributed by atoms with van der Waals surface area (Å²) in [5.41, 5.74) is 1.16. The number of carbonyl (C=O) groups excluding carboxylic acids is 1. The first-order valence-electron chi connectivity index (χ1n) is 8.57. The zero-order valence-electron chi connectivity index (χ0n) is 13.9. The van der Waals surface area contributed by atoms with Gasteiger partial charge in [0.15, 0.2) is 0 Å². The van der Waals surface area contributed by atoms with E-state index < -0.39 is 0 Å². The minimum absolute atomic E-state index is 0.000827. The van der Waals surface area contributed by atoms with Gasteiger partial charge in [0.1, 0.15) is 6.10 Å². The van der Waals surface area contributed by atoms with Crippen LogP contribution < -0.4 is 5.32 Å². The smallest absolute Gasteiger partial charge is 0.248 e. The standard InChI is InChI=1S/C17H29N3O2/c1-14-12-19-20(13-14)11-7-10-18-17(21)15(2)22-16-8-5-3-4-6-9-16/h12-13,15-16H,3-11H2,1-2H3,(H,18,21)/t15-/m0/s1. The van der Waals surface area contributed by atoms with Crippen LogP contribution in [-0.2, 0) is 16.1 Å². The van der Waals surface area contributed by atoms with Gasteiger partial charge >= 0.3 is 0 Å². The highest BCUT2D eigenvalue weighted by Gasteiger charge is 2.20. The zero-order chi connectivity index (χ0) is 15.8. The van der Waals surface area contributed by atoms with E-state index in [1.165, 1.54) is 25.7 Å². The molecule has 1 aromatic rings. The Balaban J connectivity index is 1.61. The topological polar surface area (TPSA) is 56.2 Å². The molecule has 5 heteroatoms. The van der Waals surface area contributed by atoms with Crippen molar-refractivity contribution in [1.29, 1.82) is 0 Å². The number of hydrogen-bond donors (Lipinski definition) is 1. The summed E-state index contributed by atoms with van der Waals surface area (Å²) in [6.45, 7) is 5.37. The van der Waals surface area contributed by atoms with E-state index in [2.05, 4.69) is 10.4 Å². The molecule has 0 unspecified atom stereocenters. The molecule has 1 aliphatic rings. The Morgan fingerprint density at radius 1 is 1.41 bits per heavy atom.